The zero-order chi connectivity index (χ0) is 37.7. The molecule has 4 N–H and O–H groups in total. The summed E-state index contributed by atoms with van der Waals surface area (Å²) in [6.07, 6.45) is 9.66. The van der Waals surface area contributed by atoms with Crippen LogP contribution < -0.4 is 15.2 Å². The van der Waals surface area contributed by atoms with Crippen molar-refractivity contribution in [1.82, 2.24) is 4.90 Å². The largest absolute Gasteiger partial charge is 0.488 e. The first kappa shape index (κ1) is 38.6. The van der Waals surface area contributed by atoms with Gasteiger partial charge in [-0.15, -0.1) is 0 Å². The summed E-state index contributed by atoms with van der Waals surface area (Å²) in [4.78, 5) is 28.5. The molecule has 0 spiro atoms. The molecule has 1 saturated carbocycles. The number of allylic oxidation sites excluding steroid dienone is 3. The number of hydrogen-bond donors (Lipinski definition) is 3. The predicted molar refractivity (Wildman–Crippen MR) is 191 cm³/mol. The van der Waals surface area contributed by atoms with Gasteiger partial charge in [0.15, 0.2) is 11.6 Å². The van der Waals surface area contributed by atoms with Crippen LogP contribution in [0.1, 0.15) is 102 Å². The molecule has 2 aromatic carbocycles. The van der Waals surface area contributed by atoms with Crippen molar-refractivity contribution >= 4 is 23.6 Å². The Morgan fingerprint density at radius 1 is 1.12 bits per heavy atom. The van der Waals surface area contributed by atoms with Crippen LogP contribution in [-0.2, 0) is 4.74 Å². The number of primary amides is 1. The Balaban J connectivity index is 1.70. The molecule has 1 heterocycles. The fraction of sp³-hybridized carbons (Fsp3) is 0.538. The molecular weight excluding hydrogens is 682 g/mol. The van der Waals surface area contributed by atoms with Gasteiger partial charge in [0, 0.05) is 40.6 Å². The van der Waals surface area contributed by atoms with Crippen molar-refractivity contribution in [3.05, 3.63) is 70.3 Å². The molecule has 9 nitrogen and oxygen atoms in total. The molecule has 2 amide bonds. The molecular formula is C39H49ClF2N2O7. The van der Waals surface area contributed by atoms with E-state index >= 15 is 8.78 Å². The van der Waals surface area contributed by atoms with Gasteiger partial charge >= 0.3 is 6.09 Å². The molecule has 3 atom stereocenters. The summed E-state index contributed by atoms with van der Waals surface area (Å²) in [6, 6.07) is 3.34. The van der Waals surface area contributed by atoms with Crippen molar-refractivity contribution in [2.75, 3.05) is 13.2 Å². The molecule has 12 heteroatoms. The Kier molecular flexibility index (Phi) is 10.6. The van der Waals surface area contributed by atoms with E-state index in [0.29, 0.717) is 37.7 Å². The summed E-state index contributed by atoms with van der Waals surface area (Å²) >= 11 is 6.72. The first-order valence-electron chi connectivity index (χ1n) is 17.4. The molecule has 1 aliphatic heterocycles. The zero-order valence-electron chi connectivity index (χ0n) is 30.3. The predicted octanol–water partition coefficient (Wildman–Crippen LogP) is 7.83. The van der Waals surface area contributed by atoms with Gasteiger partial charge in [0.2, 0.25) is 5.91 Å². The Labute approximate surface area is 303 Å². The van der Waals surface area contributed by atoms with Gasteiger partial charge in [-0.3, -0.25) is 4.79 Å². The smallest absolute Gasteiger partial charge is 0.410 e. The van der Waals surface area contributed by atoms with Gasteiger partial charge < -0.3 is 35.1 Å². The van der Waals surface area contributed by atoms with E-state index in [1.165, 1.54) is 26.0 Å². The number of ether oxygens (including phenoxy) is 3. The van der Waals surface area contributed by atoms with Crippen LogP contribution in [0, 0.1) is 17.6 Å². The van der Waals surface area contributed by atoms with E-state index in [-0.39, 0.29) is 53.3 Å². The highest BCUT2D eigenvalue weighted by molar-refractivity contribution is 6.34. The molecule has 1 unspecified atom stereocenters. The van der Waals surface area contributed by atoms with Crippen LogP contribution in [0.25, 0.3) is 11.1 Å². The maximum absolute atomic E-state index is 16.6. The second kappa shape index (κ2) is 14.0. The highest BCUT2D eigenvalue weighted by Gasteiger charge is 2.55. The number of rotatable bonds is 9. The molecule has 0 aromatic heterocycles. The number of carbonyl (C=O) groups is 2. The molecule has 3 aliphatic rings. The monoisotopic (exact) mass is 730 g/mol. The molecule has 2 aliphatic carbocycles. The van der Waals surface area contributed by atoms with Gasteiger partial charge in [0.1, 0.15) is 29.4 Å². The maximum Gasteiger partial charge on any atom is 0.410 e. The van der Waals surface area contributed by atoms with Crippen LogP contribution in [0.4, 0.5) is 13.6 Å². The molecule has 0 radical (unpaired) electrons. The first-order valence-corrected chi connectivity index (χ1v) is 17.8. The van der Waals surface area contributed by atoms with Crippen molar-refractivity contribution in [3.8, 4) is 22.6 Å². The minimum absolute atomic E-state index is 0.00594. The number of amides is 2. The van der Waals surface area contributed by atoms with Crippen LogP contribution in [0.15, 0.2) is 42.5 Å². The lowest BCUT2D eigenvalue weighted by Gasteiger charge is -2.46. The number of nitrogens with two attached hydrogens (primary N) is 1. The van der Waals surface area contributed by atoms with Crippen LogP contribution >= 0.6 is 11.6 Å². The maximum atomic E-state index is 16.6. The Morgan fingerprint density at radius 3 is 2.35 bits per heavy atom. The van der Waals surface area contributed by atoms with Gasteiger partial charge in [0.05, 0.1) is 28.3 Å². The van der Waals surface area contributed by atoms with Gasteiger partial charge in [0.25, 0.3) is 0 Å². The molecule has 0 saturated heterocycles. The third-order valence-corrected chi connectivity index (χ3v) is 10.4. The summed E-state index contributed by atoms with van der Waals surface area (Å²) in [5.41, 5.74) is 1.12. The van der Waals surface area contributed by atoms with Crippen LogP contribution in [0.3, 0.4) is 0 Å². The average molecular weight is 731 g/mol. The second-order valence-corrected chi connectivity index (χ2v) is 16.4. The van der Waals surface area contributed by atoms with Crippen LogP contribution in [-0.4, -0.2) is 68.7 Å². The van der Waals surface area contributed by atoms with E-state index in [0.717, 1.165) is 6.07 Å². The number of nitrogens with zero attached hydrogens (tertiary/aromatic N) is 1. The van der Waals surface area contributed by atoms with Crippen molar-refractivity contribution < 1.29 is 42.8 Å². The number of benzene rings is 2. The first-order chi connectivity index (χ1) is 23.6. The molecule has 2 aromatic rings. The summed E-state index contributed by atoms with van der Waals surface area (Å²) in [6.45, 7) is 11.7. The van der Waals surface area contributed by atoms with Gasteiger partial charge in [-0.05, 0) is 85.8 Å². The van der Waals surface area contributed by atoms with Gasteiger partial charge in [-0.25, -0.2) is 13.6 Å². The standard InChI is InChI=1S/C39H49ClF2N2O7/c1-22-29-28(19-26(41)32(40)31(29)30-25(34(43)45)13-14-27(33(30)42)49-21-37(5,6)47)50-39(22,23-11-9-8-10-12-23)20-44(35(46)51-36(2,3)4)24-15-17-38(7,48)18-16-24/h8-11,13-14,19,22-24,47-48H,12,15-18,20-21H2,1-7H3,(H2,43,45)/t22-,23?,24-,38-,39-/m0/s1. The van der Waals surface area contributed by atoms with E-state index in [1.54, 1.807) is 32.6 Å². The lowest BCUT2D eigenvalue weighted by atomic mass is 9.71. The lowest BCUT2D eigenvalue weighted by molar-refractivity contribution is -0.0526. The van der Waals surface area contributed by atoms with Crippen molar-refractivity contribution in [3.63, 3.8) is 0 Å². The summed E-state index contributed by atoms with van der Waals surface area (Å²) < 4.78 is 51.0. The van der Waals surface area contributed by atoms with E-state index in [9.17, 15) is 19.8 Å². The highest BCUT2D eigenvalue weighted by Crippen LogP contribution is 2.57. The Hall–Kier alpha value is -3.67. The van der Waals surface area contributed by atoms with Crippen LogP contribution in [0.5, 0.6) is 11.5 Å². The van der Waals surface area contributed by atoms with E-state index < -0.39 is 57.0 Å². The lowest BCUT2D eigenvalue weighted by Crippen LogP contribution is -2.58. The van der Waals surface area contributed by atoms with Crippen LogP contribution in [0.2, 0.25) is 5.02 Å². The number of fused-ring (bicyclic) bond motifs is 1. The second-order valence-electron chi connectivity index (χ2n) is 16.0. The number of hydrogen-bond acceptors (Lipinski definition) is 7. The van der Waals surface area contributed by atoms with E-state index in [2.05, 4.69) is 0 Å². The van der Waals surface area contributed by atoms with Gasteiger partial charge in [-0.1, -0.05) is 42.8 Å². The fourth-order valence-electron chi connectivity index (χ4n) is 7.38. The van der Waals surface area contributed by atoms with Gasteiger partial charge in [-0.2, -0.15) is 0 Å². The minimum Gasteiger partial charge on any atom is -0.488 e. The Bertz CT molecular complexity index is 1740. The SMILES string of the molecule is C[C@H]1c2c(cc(F)c(Cl)c2-c2c(C(N)=O)ccc(OCC(C)(C)O)c2F)O[C@]1(CN(C(=O)OC(C)(C)C)[C@H]1CC[C@](C)(O)CC1)C1C=CC=CC1. The zero-order valence-corrected chi connectivity index (χ0v) is 31.1. The van der Waals surface area contributed by atoms with Crippen molar-refractivity contribution in [2.24, 2.45) is 11.7 Å². The van der Waals surface area contributed by atoms with Crippen molar-refractivity contribution in [1.29, 1.82) is 0 Å². The van der Waals surface area contributed by atoms with E-state index in [4.69, 9.17) is 31.5 Å². The van der Waals surface area contributed by atoms with E-state index in [1.807, 2.05) is 31.2 Å². The third-order valence-electron chi connectivity index (χ3n) is 10.0. The number of halogens is 3. The Morgan fingerprint density at radius 2 is 1.78 bits per heavy atom. The minimum atomic E-state index is -1.31. The molecule has 0 bridgehead atoms. The third kappa shape index (κ3) is 8.05. The molecule has 51 heavy (non-hydrogen) atoms. The fourth-order valence-corrected chi connectivity index (χ4v) is 7.63. The summed E-state index contributed by atoms with van der Waals surface area (Å²) in [7, 11) is 0. The number of carbonyl (C=O) groups excluding carboxylic acids is 2. The summed E-state index contributed by atoms with van der Waals surface area (Å²) in [5.74, 6) is -4.14. The molecule has 5 rings (SSSR count). The molecule has 1 fully saturated rings. The number of aliphatic hydroxyl groups is 2. The van der Waals surface area contributed by atoms with Crippen molar-refractivity contribution in [2.45, 2.75) is 115 Å². The average Bonchev–Trinajstić information content (AvgIpc) is 3.30. The quantitative estimate of drug-likeness (QED) is 0.240. The highest BCUT2D eigenvalue weighted by atomic mass is 35.5. The topological polar surface area (TPSA) is 132 Å². The summed E-state index contributed by atoms with van der Waals surface area (Å²) in [5, 5.41) is 20.6. The molecule has 278 valence electrons. The normalized spacial score (nSPS) is 26.0.